The van der Waals surface area contributed by atoms with Crippen molar-refractivity contribution in [2.45, 2.75) is 32.9 Å². The number of pyridine rings is 1. The fourth-order valence-corrected chi connectivity index (χ4v) is 1.93. The van der Waals surface area contributed by atoms with Crippen LogP contribution in [0.4, 0.5) is 4.39 Å². The SMILES string of the molecule is Cc1ccc(CNC(C)Cc2ccc(F)cc2)nc1. The third-order valence-corrected chi connectivity index (χ3v) is 3.06. The fraction of sp³-hybridized carbons (Fsp3) is 0.312. The van der Waals surface area contributed by atoms with Gasteiger partial charge in [-0.05, 0) is 49.6 Å². The standard InChI is InChI=1S/C16H19FN2/c1-12-3-8-16(19-10-12)11-18-13(2)9-14-4-6-15(17)7-5-14/h3-8,10,13,18H,9,11H2,1-2H3. The van der Waals surface area contributed by atoms with Gasteiger partial charge in [0.15, 0.2) is 0 Å². The minimum Gasteiger partial charge on any atom is -0.308 e. The van der Waals surface area contributed by atoms with E-state index in [1.54, 1.807) is 0 Å². The third-order valence-electron chi connectivity index (χ3n) is 3.06. The van der Waals surface area contributed by atoms with Crippen LogP contribution in [-0.2, 0) is 13.0 Å². The van der Waals surface area contributed by atoms with Gasteiger partial charge in [-0.15, -0.1) is 0 Å². The molecule has 1 unspecified atom stereocenters. The Balaban J connectivity index is 1.82. The second-order valence-electron chi connectivity index (χ2n) is 4.94. The molecule has 19 heavy (non-hydrogen) atoms. The monoisotopic (exact) mass is 258 g/mol. The van der Waals surface area contributed by atoms with Gasteiger partial charge in [-0.3, -0.25) is 4.98 Å². The number of rotatable bonds is 5. The van der Waals surface area contributed by atoms with Gasteiger partial charge in [0.2, 0.25) is 0 Å². The van der Waals surface area contributed by atoms with E-state index < -0.39 is 0 Å². The molecule has 100 valence electrons. The topological polar surface area (TPSA) is 24.9 Å². The van der Waals surface area contributed by atoms with Gasteiger partial charge in [0, 0.05) is 18.8 Å². The van der Waals surface area contributed by atoms with Gasteiger partial charge in [-0.2, -0.15) is 0 Å². The summed E-state index contributed by atoms with van der Waals surface area (Å²) in [6, 6.07) is 11.1. The lowest BCUT2D eigenvalue weighted by molar-refractivity contribution is 0.539. The van der Waals surface area contributed by atoms with E-state index in [0.717, 1.165) is 24.2 Å². The molecule has 1 aromatic carbocycles. The summed E-state index contributed by atoms with van der Waals surface area (Å²) in [5.41, 5.74) is 3.35. The van der Waals surface area contributed by atoms with Crippen molar-refractivity contribution in [2.24, 2.45) is 0 Å². The van der Waals surface area contributed by atoms with Gasteiger partial charge in [-0.1, -0.05) is 18.2 Å². The molecular formula is C16H19FN2. The first kappa shape index (κ1) is 13.7. The Bertz CT molecular complexity index is 505. The van der Waals surface area contributed by atoms with Crippen molar-refractivity contribution in [3.63, 3.8) is 0 Å². The molecule has 0 aliphatic carbocycles. The lowest BCUT2D eigenvalue weighted by Crippen LogP contribution is -2.27. The molecule has 1 atom stereocenters. The maximum atomic E-state index is 12.8. The lowest BCUT2D eigenvalue weighted by Gasteiger charge is -2.13. The highest BCUT2D eigenvalue weighted by molar-refractivity contribution is 5.17. The second kappa shape index (κ2) is 6.43. The summed E-state index contributed by atoms with van der Waals surface area (Å²) in [6.45, 7) is 4.90. The van der Waals surface area contributed by atoms with Crippen molar-refractivity contribution in [2.75, 3.05) is 0 Å². The van der Waals surface area contributed by atoms with Gasteiger partial charge < -0.3 is 5.32 Å². The normalized spacial score (nSPS) is 12.4. The van der Waals surface area contributed by atoms with Crippen LogP contribution in [-0.4, -0.2) is 11.0 Å². The van der Waals surface area contributed by atoms with Crippen molar-refractivity contribution in [3.05, 3.63) is 65.2 Å². The lowest BCUT2D eigenvalue weighted by atomic mass is 10.1. The molecule has 1 heterocycles. The summed E-state index contributed by atoms with van der Waals surface area (Å²) < 4.78 is 12.8. The molecule has 0 amide bonds. The number of hydrogen-bond donors (Lipinski definition) is 1. The maximum absolute atomic E-state index is 12.8. The molecule has 3 heteroatoms. The minimum atomic E-state index is -0.187. The van der Waals surface area contributed by atoms with E-state index >= 15 is 0 Å². The zero-order chi connectivity index (χ0) is 13.7. The van der Waals surface area contributed by atoms with E-state index in [1.807, 2.05) is 31.3 Å². The number of aromatic nitrogens is 1. The van der Waals surface area contributed by atoms with Crippen molar-refractivity contribution in [1.29, 1.82) is 0 Å². The highest BCUT2D eigenvalue weighted by Crippen LogP contribution is 2.06. The van der Waals surface area contributed by atoms with Crippen LogP contribution in [0.5, 0.6) is 0 Å². The van der Waals surface area contributed by atoms with Crippen LogP contribution >= 0.6 is 0 Å². The quantitative estimate of drug-likeness (QED) is 0.890. The van der Waals surface area contributed by atoms with Gasteiger partial charge in [-0.25, -0.2) is 4.39 Å². The van der Waals surface area contributed by atoms with E-state index in [-0.39, 0.29) is 5.82 Å². The van der Waals surface area contributed by atoms with E-state index in [9.17, 15) is 4.39 Å². The molecule has 0 aliphatic heterocycles. The minimum absolute atomic E-state index is 0.187. The number of benzene rings is 1. The van der Waals surface area contributed by atoms with Crippen LogP contribution in [0.25, 0.3) is 0 Å². The molecule has 0 bridgehead atoms. The Morgan fingerprint density at radius 2 is 1.89 bits per heavy atom. The molecule has 1 N–H and O–H groups in total. The summed E-state index contributed by atoms with van der Waals surface area (Å²) >= 11 is 0. The zero-order valence-electron chi connectivity index (χ0n) is 11.4. The number of aryl methyl sites for hydroxylation is 1. The first-order chi connectivity index (χ1) is 9.13. The van der Waals surface area contributed by atoms with E-state index in [4.69, 9.17) is 0 Å². The predicted octanol–water partition coefficient (Wildman–Crippen LogP) is 3.25. The maximum Gasteiger partial charge on any atom is 0.123 e. The smallest absolute Gasteiger partial charge is 0.123 e. The summed E-state index contributed by atoms with van der Waals surface area (Å²) in [5.74, 6) is -0.187. The highest BCUT2D eigenvalue weighted by Gasteiger charge is 2.04. The van der Waals surface area contributed by atoms with Crippen LogP contribution in [0.2, 0.25) is 0 Å². The molecule has 0 saturated heterocycles. The van der Waals surface area contributed by atoms with Crippen LogP contribution in [0.3, 0.4) is 0 Å². The van der Waals surface area contributed by atoms with E-state index in [1.165, 1.54) is 17.7 Å². The Morgan fingerprint density at radius 3 is 2.53 bits per heavy atom. The predicted molar refractivity (Wildman–Crippen MR) is 75.4 cm³/mol. The van der Waals surface area contributed by atoms with E-state index in [0.29, 0.717) is 6.04 Å². The number of halogens is 1. The van der Waals surface area contributed by atoms with Crippen LogP contribution in [0.15, 0.2) is 42.6 Å². The Morgan fingerprint density at radius 1 is 1.16 bits per heavy atom. The first-order valence-electron chi connectivity index (χ1n) is 6.53. The number of nitrogens with one attached hydrogen (secondary N) is 1. The Kier molecular flexibility index (Phi) is 4.63. The molecule has 2 aromatic rings. The van der Waals surface area contributed by atoms with E-state index in [2.05, 4.69) is 23.3 Å². The average molecular weight is 258 g/mol. The van der Waals surface area contributed by atoms with Crippen molar-refractivity contribution < 1.29 is 4.39 Å². The average Bonchev–Trinajstić information content (AvgIpc) is 2.41. The molecule has 0 saturated carbocycles. The zero-order valence-corrected chi connectivity index (χ0v) is 11.4. The molecule has 0 spiro atoms. The number of nitrogens with zero attached hydrogens (tertiary/aromatic N) is 1. The molecular weight excluding hydrogens is 239 g/mol. The van der Waals surface area contributed by atoms with Crippen LogP contribution in [0.1, 0.15) is 23.7 Å². The Hall–Kier alpha value is -1.74. The first-order valence-corrected chi connectivity index (χ1v) is 6.53. The Labute approximate surface area is 113 Å². The molecule has 0 radical (unpaired) electrons. The summed E-state index contributed by atoms with van der Waals surface area (Å²) in [5, 5.41) is 3.43. The van der Waals surface area contributed by atoms with Gasteiger partial charge in [0.25, 0.3) is 0 Å². The largest absolute Gasteiger partial charge is 0.308 e. The van der Waals surface area contributed by atoms with Crippen molar-refractivity contribution >= 4 is 0 Å². The molecule has 2 rings (SSSR count). The van der Waals surface area contributed by atoms with Crippen LogP contribution in [0, 0.1) is 12.7 Å². The highest BCUT2D eigenvalue weighted by atomic mass is 19.1. The van der Waals surface area contributed by atoms with Crippen molar-refractivity contribution in [1.82, 2.24) is 10.3 Å². The summed E-state index contributed by atoms with van der Waals surface area (Å²) in [7, 11) is 0. The summed E-state index contributed by atoms with van der Waals surface area (Å²) in [4.78, 5) is 4.36. The molecule has 1 aromatic heterocycles. The van der Waals surface area contributed by atoms with Gasteiger partial charge >= 0.3 is 0 Å². The molecule has 2 nitrogen and oxygen atoms in total. The van der Waals surface area contributed by atoms with Gasteiger partial charge in [0.1, 0.15) is 5.82 Å². The van der Waals surface area contributed by atoms with Crippen molar-refractivity contribution in [3.8, 4) is 0 Å². The van der Waals surface area contributed by atoms with Gasteiger partial charge in [0.05, 0.1) is 5.69 Å². The number of hydrogen-bond acceptors (Lipinski definition) is 2. The third kappa shape index (κ3) is 4.45. The van der Waals surface area contributed by atoms with Crippen LogP contribution < -0.4 is 5.32 Å². The molecule has 0 aliphatic rings. The molecule has 0 fully saturated rings. The fourth-order valence-electron chi connectivity index (χ4n) is 1.93. The summed E-state index contributed by atoms with van der Waals surface area (Å²) in [6.07, 6.45) is 2.76. The second-order valence-corrected chi connectivity index (χ2v) is 4.94.